The van der Waals surface area contributed by atoms with Crippen LogP contribution in [0.15, 0.2) is 0 Å². The van der Waals surface area contributed by atoms with E-state index >= 15 is 0 Å². The first-order valence-electron chi connectivity index (χ1n) is 10.7. The molecule has 10 heteroatoms. The molecule has 0 bridgehead atoms. The zero-order valence-corrected chi connectivity index (χ0v) is 18.2. The molecule has 30 heavy (non-hydrogen) atoms. The number of hydrogen-bond donors (Lipinski definition) is 2. The number of nitrogens with one attached hydrogen (secondary N) is 1. The highest BCUT2D eigenvalue weighted by molar-refractivity contribution is 5.72. The van der Waals surface area contributed by atoms with Crippen molar-refractivity contribution in [2.45, 2.75) is 64.3 Å². The lowest BCUT2D eigenvalue weighted by atomic mass is 9.73. The Labute approximate surface area is 177 Å². The summed E-state index contributed by atoms with van der Waals surface area (Å²) >= 11 is 0. The molecule has 4 unspecified atom stereocenters. The number of amides is 2. The maximum atomic E-state index is 12.8. The highest BCUT2D eigenvalue weighted by atomic mass is 16.6. The van der Waals surface area contributed by atoms with Crippen LogP contribution in [0.1, 0.15) is 40.0 Å². The van der Waals surface area contributed by atoms with Crippen LogP contribution in [0, 0.1) is 11.8 Å². The van der Waals surface area contributed by atoms with Crippen molar-refractivity contribution in [3.63, 3.8) is 0 Å². The Morgan fingerprint density at radius 2 is 1.83 bits per heavy atom. The summed E-state index contributed by atoms with van der Waals surface area (Å²) in [5.41, 5.74) is 3.17. The van der Waals surface area contributed by atoms with Gasteiger partial charge in [0.2, 0.25) is 0 Å². The minimum Gasteiger partial charge on any atom is -0.480 e. The van der Waals surface area contributed by atoms with Crippen molar-refractivity contribution in [1.29, 1.82) is 0 Å². The van der Waals surface area contributed by atoms with Crippen molar-refractivity contribution in [3.8, 4) is 0 Å². The van der Waals surface area contributed by atoms with Crippen LogP contribution in [0.2, 0.25) is 0 Å². The average Bonchev–Trinajstić information content (AvgIpc) is 3.13. The number of hydrogen-bond acceptors (Lipinski definition) is 7. The van der Waals surface area contributed by atoms with Gasteiger partial charge in [0.25, 0.3) is 0 Å². The fourth-order valence-corrected chi connectivity index (χ4v) is 5.24. The predicted molar refractivity (Wildman–Crippen MR) is 108 cm³/mol. The van der Waals surface area contributed by atoms with Gasteiger partial charge in [0.05, 0.1) is 31.3 Å². The van der Waals surface area contributed by atoms with Crippen molar-refractivity contribution in [1.82, 2.24) is 20.2 Å². The predicted octanol–water partition coefficient (Wildman–Crippen LogP) is 1.36. The Balaban J connectivity index is 1.76. The fourth-order valence-electron chi connectivity index (χ4n) is 5.24. The van der Waals surface area contributed by atoms with Gasteiger partial charge in [-0.2, -0.15) is 0 Å². The third kappa shape index (κ3) is 4.80. The molecule has 2 saturated heterocycles. The molecule has 3 aliphatic rings. The largest absolute Gasteiger partial charge is 0.480 e. The molecule has 1 aliphatic carbocycles. The summed E-state index contributed by atoms with van der Waals surface area (Å²) < 4.78 is 10.5. The third-order valence-corrected chi connectivity index (χ3v) is 6.50. The van der Waals surface area contributed by atoms with E-state index in [-0.39, 0.29) is 43.0 Å². The third-order valence-electron chi connectivity index (χ3n) is 6.50. The Hall–Kier alpha value is -2.07. The number of methoxy groups -OCH3 is 1. The quantitative estimate of drug-likeness (QED) is 0.693. The molecule has 5 atom stereocenters. The summed E-state index contributed by atoms with van der Waals surface area (Å²) in [6, 6.07) is -0.408. The summed E-state index contributed by atoms with van der Waals surface area (Å²) in [4.78, 5) is 39.9. The van der Waals surface area contributed by atoms with Crippen LogP contribution in [-0.2, 0) is 14.3 Å². The highest BCUT2D eigenvalue weighted by Gasteiger charge is 2.49. The second-order valence-corrected chi connectivity index (χ2v) is 8.92. The van der Waals surface area contributed by atoms with E-state index in [1.807, 2.05) is 20.8 Å². The van der Waals surface area contributed by atoms with Crippen LogP contribution in [-0.4, -0.2) is 95.6 Å². The number of rotatable bonds is 4. The number of nitrogens with zero attached hydrogens (tertiary/aromatic N) is 3. The second-order valence-electron chi connectivity index (χ2n) is 8.92. The van der Waals surface area contributed by atoms with Crippen molar-refractivity contribution in [2.24, 2.45) is 11.8 Å². The van der Waals surface area contributed by atoms with Crippen molar-refractivity contribution in [3.05, 3.63) is 0 Å². The molecule has 10 nitrogen and oxygen atoms in total. The first kappa shape index (κ1) is 22.6. The van der Waals surface area contributed by atoms with Crippen LogP contribution < -0.4 is 5.43 Å². The smallest absolute Gasteiger partial charge is 0.410 e. The van der Waals surface area contributed by atoms with Gasteiger partial charge in [-0.1, -0.05) is 0 Å². The Morgan fingerprint density at radius 1 is 1.10 bits per heavy atom. The van der Waals surface area contributed by atoms with Gasteiger partial charge in [0.15, 0.2) is 0 Å². The Morgan fingerprint density at radius 3 is 2.47 bits per heavy atom. The van der Waals surface area contributed by atoms with Gasteiger partial charge in [-0.25, -0.2) is 14.6 Å². The number of hydrazine groups is 1. The van der Waals surface area contributed by atoms with Gasteiger partial charge in [-0.15, -0.1) is 0 Å². The van der Waals surface area contributed by atoms with E-state index in [4.69, 9.17) is 14.6 Å². The molecule has 0 aromatic heterocycles. The van der Waals surface area contributed by atoms with Gasteiger partial charge in [0, 0.05) is 19.6 Å². The topological polar surface area (TPSA) is 112 Å². The summed E-state index contributed by atoms with van der Waals surface area (Å²) in [5, 5.41) is 10.8. The molecule has 2 heterocycles. The van der Waals surface area contributed by atoms with Gasteiger partial charge in [0.1, 0.15) is 6.54 Å². The lowest BCUT2D eigenvalue weighted by molar-refractivity contribution is -0.138. The van der Waals surface area contributed by atoms with Crippen molar-refractivity contribution < 1.29 is 29.0 Å². The van der Waals surface area contributed by atoms with E-state index < -0.39 is 5.97 Å². The number of carboxylic acid groups (broad SMARTS) is 1. The summed E-state index contributed by atoms with van der Waals surface area (Å²) in [7, 11) is 1.39. The zero-order chi connectivity index (χ0) is 22.0. The summed E-state index contributed by atoms with van der Waals surface area (Å²) in [5.74, 6) is -0.219. The van der Waals surface area contributed by atoms with Gasteiger partial charge in [-0.3, -0.25) is 15.1 Å². The van der Waals surface area contributed by atoms with E-state index in [0.29, 0.717) is 24.9 Å². The Kier molecular flexibility index (Phi) is 7.07. The van der Waals surface area contributed by atoms with E-state index in [0.717, 1.165) is 25.8 Å². The number of piperazine rings is 1. The maximum Gasteiger partial charge on any atom is 0.410 e. The summed E-state index contributed by atoms with van der Waals surface area (Å²) in [6.07, 6.45) is 1.54. The van der Waals surface area contributed by atoms with E-state index in [9.17, 15) is 14.4 Å². The molecule has 0 aromatic rings. The number of ether oxygens (including phenoxy) is 2. The number of aliphatic carboxylic acids is 1. The monoisotopic (exact) mass is 426 g/mol. The first-order chi connectivity index (χ1) is 14.2. The number of carbonyl (C=O) groups excluding carboxylic acids is 2. The molecule has 1 saturated carbocycles. The summed E-state index contributed by atoms with van der Waals surface area (Å²) in [6.45, 7) is 7.35. The van der Waals surface area contributed by atoms with Crippen LogP contribution in [0.4, 0.5) is 9.59 Å². The molecular formula is C20H34N4O6. The number of carbonyl (C=O) groups is 3. The molecule has 3 rings (SSSR count). The van der Waals surface area contributed by atoms with E-state index in [1.165, 1.54) is 7.11 Å². The lowest BCUT2D eigenvalue weighted by Crippen LogP contribution is -2.67. The highest BCUT2D eigenvalue weighted by Crippen LogP contribution is 2.40. The van der Waals surface area contributed by atoms with Crippen molar-refractivity contribution in [2.75, 3.05) is 33.3 Å². The zero-order valence-electron chi connectivity index (χ0n) is 18.2. The molecule has 2 N–H and O–H groups in total. The second kappa shape index (κ2) is 9.38. The van der Waals surface area contributed by atoms with Gasteiger partial charge >= 0.3 is 18.2 Å². The molecule has 0 aromatic carbocycles. The van der Waals surface area contributed by atoms with Gasteiger partial charge < -0.3 is 19.5 Å². The lowest BCUT2D eigenvalue weighted by Gasteiger charge is -2.53. The average molecular weight is 427 g/mol. The standard InChI is InChI=1S/C20H34N4O6/c1-12(2)30-19(27)23-9-13(3)24(20(28)29-4)16-6-5-14(7-17(16)23)15-8-21-22(10-15)11-18(25)26/h12-17,21H,5-11H2,1-4H3,(H,25,26)/t13-,14?,15?,16?,17?/m0/s1. The fraction of sp³-hybridized carbons (Fsp3) is 0.850. The minimum absolute atomic E-state index is 0.0320. The van der Waals surface area contributed by atoms with Crippen LogP contribution in [0.25, 0.3) is 0 Å². The molecule has 0 spiro atoms. The SMILES string of the molecule is COC(=O)N1C2CCC(C3CNN(CC(=O)O)C3)CC2N(C(=O)OC(C)C)C[C@@H]1C. The molecule has 3 fully saturated rings. The Bertz CT molecular complexity index is 659. The maximum absolute atomic E-state index is 12.8. The van der Waals surface area contributed by atoms with E-state index in [2.05, 4.69) is 5.43 Å². The molecule has 2 amide bonds. The minimum atomic E-state index is -0.857. The molecule has 2 aliphatic heterocycles. The van der Waals surface area contributed by atoms with Crippen LogP contribution >= 0.6 is 0 Å². The molecule has 170 valence electrons. The van der Waals surface area contributed by atoms with E-state index in [1.54, 1.807) is 14.8 Å². The molecular weight excluding hydrogens is 392 g/mol. The van der Waals surface area contributed by atoms with Gasteiger partial charge in [-0.05, 0) is 51.9 Å². The molecule has 0 radical (unpaired) electrons. The first-order valence-corrected chi connectivity index (χ1v) is 10.7. The van der Waals surface area contributed by atoms with Crippen LogP contribution in [0.5, 0.6) is 0 Å². The number of fused-ring (bicyclic) bond motifs is 1. The van der Waals surface area contributed by atoms with Crippen molar-refractivity contribution >= 4 is 18.2 Å². The van der Waals surface area contributed by atoms with Crippen LogP contribution in [0.3, 0.4) is 0 Å². The number of carboxylic acids is 1. The normalized spacial score (nSPS) is 32.1.